The predicted molar refractivity (Wildman–Crippen MR) is 106 cm³/mol. The lowest BCUT2D eigenvalue weighted by molar-refractivity contribution is -0.117. The van der Waals surface area contributed by atoms with Gasteiger partial charge in [-0.15, -0.1) is 0 Å². The van der Waals surface area contributed by atoms with Gasteiger partial charge in [-0.1, -0.05) is 6.07 Å². The quantitative estimate of drug-likeness (QED) is 0.878. The largest absolute Gasteiger partial charge is 0.373 e. The molecule has 26 heavy (non-hydrogen) atoms. The lowest BCUT2D eigenvalue weighted by Gasteiger charge is -2.38. The van der Waals surface area contributed by atoms with Crippen LogP contribution >= 0.6 is 0 Å². The van der Waals surface area contributed by atoms with E-state index in [1.807, 2.05) is 12.1 Å². The van der Waals surface area contributed by atoms with Crippen LogP contribution in [0.3, 0.4) is 0 Å². The van der Waals surface area contributed by atoms with Gasteiger partial charge >= 0.3 is 0 Å². The first kappa shape index (κ1) is 19.3. The molecule has 2 heterocycles. The second-order valence-electron chi connectivity index (χ2n) is 8.09. The van der Waals surface area contributed by atoms with Gasteiger partial charge in [0.15, 0.2) is 0 Å². The maximum atomic E-state index is 12.5. The van der Waals surface area contributed by atoms with Crippen molar-refractivity contribution in [2.24, 2.45) is 0 Å². The molecule has 144 valence electrons. The molecule has 3 atom stereocenters. The Morgan fingerprint density at radius 1 is 1.19 bits per heavy atom. The Bertz CT molecular complexity index is 624. The molecule has 3 rings (SSSR count). The third-order valence-electron chi connectivity index (χ3n) is 5.60. The van der Waals surface area contributed by atoms with Crippen LogP contribution in [0.25, 0.3) is 0 Å². The van der Waals surface area contributed by atoms with Gasteiger partial charge in [-0.25, -0.2) is 0 Å². The van der Waals surface area contributed by atoms with Crippen LogP contribution in [0.2, 0.25) is 0 Å². The van der Waals surface area contributed by atoms with Gasteiger partial charge in [0.25, 0.3) is 0 Å². The summed E-state index contributed by atoms with van der Waals surface area (Å²) in [5.41, 5.74) is 3.35. The Balaban J connectivity index is 1.52. The third-order valence-corrected chi connectivity index (χ3v) is 5.60. The molecule has 5 nitrogen and oxygen atoms in total. The van der Waals surface area contributed by atoms with Gasteiger partial charge in [-0.3, -0.25) is 14.6 Å². The monoisotopic (exact) mass is 359 g/mol. The zero-order valence-electron chi connectivity index (χ0n) is 16.6. The summed E-state index contributed by atoms with van der Waals surface area (Å²) in [6.45, 7) is 13.0. The first-order valence-corrected chi connectivity index (χ1v) is 9.89. The number of nitrogens with one attached hydrogen (secondary N) is 1. The summed E-state index contributed by atoms with van der Waals surface area (Å²) < 4.78 is 5.84. The molecule has 1 N–H and O–H groups in total. The highest BCUT2D eigenvalue weighted by Gasteiger charge is 2.30. The number of rotatable bonds is 5. The second kappa shape index (κ2) is 8.51. The Hall–Kier alpha value is -1.43. The van der Waals surface area contributed by atoms with Crippen LogP contribution in [0, 0.1) is 13.8 Å². The zero-order valence-corrected chi connectivity index (χ0v) is 16.6. The highest BCUT2D eigenvalue weighted by atomic mass is 16.5. The van der Waals surface area contributed by atoms with Gasteiger partial charge in [0.05, 0.1) is 18.8 Å². The van der Waals surface area contributed by atoms with E-state index >= 15 is 0 Å². The van der Waals surface area contributed by atoms with E-state index in [-0.39, 0.29) is 5.91 Å². The van der Waals surface area contributed by atoms with Gasteiger partial charge in [-0.2, -0.15) is 0 Å². The van der Waals surface area contributed by atoms with Crippen LogP contribution in [-0.2, 0) is 9.53 Å². The van der Waals surface area contributed by atoms with E-state index in [1.165, 1.54) is 24.0 Å². The van der Waals surface area contributed by atoms with Crippen LogP contribution in [0.4, 0.5) is 5.69 Å². The van der Waals surface area contributed by atoms with Crippen molar-refractivity contribution < 1.29 is 9.53 Å². The first-order valence-electron chi connectivity index (χ1n) is 9.89. The Labute approximate surface area is 157 Å². The van der Waals surface area contributed by atoms with Gasteiger partial charge in [0.1, 0.15) is 0 Å². The molecule has 1 aromatic carbocycles. The number of carbonyl (C=O) groups excluding carboxylic acids is 1. The Morgan fingerprint density at radius 2 is 1.92 bits per heavy atom. The minimum Gasteiger partial charge on any atom is -0.373 e. The molecular weight excluding hydrogens is 326 g/mol. The maximum absolute atomic E-state index is 12.5. The number of morpholine rings is 1. The molecule has 2 saturated heterocycles. The Morgan fingerprint density at radius 3 is 2.62 bits per heavy atom. The first-order chi connectivity index (χ1) is 12.4. The highest BCUT2D eigenvalue weighted by Crippen LogP contribution is 2.21. The molecule has 0 radical (unpaired) electrons. The van der Waals surface area contributed by atoms with E-state index in [4.69, 9.17) is 4.74 Å². The molecule has 1 amide bonds. The summed E-state index contributed by atoms with van der Waals surface area (Å²) in [6.07, 6.45) is 2.94. The van der Waals surface area contributed by atoms with Crippen LogP contribution in [-0.4, -0.2) is 66.7 Å². The van der Waals surface area contributed by atoms with Crippen LogP contribution < -0.4 is 5.32 Å². The Kier molecular flexibility index (Phi) is 6.33. The molecule has 0 bridgehead atoms. The summed E-state index contributed by atoms with van der Waals surface area (Å²) in [6, 6.07) is 6.56. The molecule has 1 aromatic rings. The number of hydrogen-bond acceptors (Lipinski definition) is 4. The van der Waals surface area contributed by atoms with Crippen LogP contribution in [0.1, 0.15) is 37.8 Å². The third kappa shape index (κ3) is 5.06. The lowest BCUT2D eigenvalue weighted by atomic mass is 10.1. The number of carbonyl (C=O) groups is 1. The predicted octanol–water partition coefficient (Wildman–Crippen LogP) is 2.82. The van der Waals surface area contributed by atoms with Gasteiger partial charge in [0, 0.05) is 31.4 Å². The second-order valence-corrected chi connectivity index (χ2v) is 8.09. The molecule has 3 unspecified atom stereocenters. The number of anilines is 1. The summed E-state index contributed by atoms with van der Waals surface area (Å²) >= 11 is 0. The van der Waals surface area contributed by atoms with Crippen molar-refractivity contribution in [3.63, 3.8) is 0 Å². The SMILES string of the molecule is Cc1ccc(NC(=O)CN2CCCC2CN2CC(C)OC(C)C2)cc1C. The standard InChI is InChI=1S/C21H33N3O2/c1-15-7-8-19(10-16(15)2)22-21(25)14-24-9-5-6-20(24)13-23-11-17(3)26-18(4)12-23/h7-8,10,17-18,20H,5-6,9,11-14H2,1-4H3,(H,22,25). The normalized spacial score (nSPS) is 27.6. The average molecular weight is 360 g/mol. The van der Waals surface area contributed by atoms with Crippen molar-refractivity contribution in [3.8, 4) is 0 Å². The highest BCUT2D eigenvalue weighted by molar-refractivity contribution is 5.92. The van der Waals surface area contributed by atoms with Crippen molar-refractivity contribution in [1.29, 1.82) is 0 Å². The van der Waals surface area contributed by atoms with E-state index < -0.39 is 0 Å². The molecular formula is C21H33N3O2. The van der Waals surface area contributed by atoms with E-state index in [0.29, 0.717) is 24.8 Å². The van der Waals surface area contributed by atoms with Gasteiger partial charge < -0.3 is 10.1 Å². The topological polar surface area (TPSA) is 44.8 Å². The van der Waals surface area contributed by atoms with E-state index in [9.17, 15) is 4.79 Å². The summed E-state index contributed by atoms with van der Waals surface area (Å²) in [4.78, 5) is 17.4. The smallest absolute Gasteiger partial charge is 0.238 e. The number of nitrogens with zero attached hydrogens (tertiary/aromatic N) is 2. The van der Waals surface area contributed by atoms with Gasteiger partial charge in [0.2, 0.25) is 5.91 Å². The molecule has 0 aromatic heterocycles. The van der Waals surface area contributed by atoms with Crippen molar-refractivity contribution >= 4 is 11.6 Å². The maximum Gasteiger partial charge on any atom is 0.238 e. The minimum atomic E-state index is 0.0869. The molecule has 5 heteroatoms. The molecule has 0 saturated carbocycles. The fourth-order valence-electron chi connectivity index (χ4n) is 4.25. The summed E-state index contributed by atoms with van der Waals surface area (Å²) in [7, 11) is 0. The van der Waals surface area contributed by atoms with Crippen LogP contribution in [0.5, 0.6) is 0 Å². The van der Waals surface area contributed by atoms with Crippen molar-refractivity contribution in [2.75, 3.05) is 38.0 Å². The number of benzene rings is 1. The van der Waals surface area contributed by atoms with Crippen LogP contribution in [0.15, 0.2) is 18.2 Å². The fraction of sp³-hybridized carbons (Fsp3) is 0.667. The summed E-state index contributed by atoms with van der Waals surface area (Å²) in [5.74, 6) is 0.0869. The molecule has 2 fully saturated rings. The summed E-state index contributed by atoms with van der Waals surface area (Å²) in [5, 5.41) is 3.06. The number of likely N-dealkylation sites (tertiary alicyclic amines) is 1. The average Bonchev–Trinajstić information content (AvgIpc) is 2.96. The molecule has 2 aliphatic heterocycles. The van der Waals surface area contributed by atoms with Gasteiger partial charge in [-0.05, 0) is 70.3 Å². The molecule has 0 spiro atoms. The number of amides is 1. The fourth-order valence-corrected chi connectivity index (χ4v) is 4.25. The van der Waals surface area contributed by atoms with Crippen molar-refractivity contribution in [1.82, 2.24) is 9.80 Å². The number of ether oxygens (including phenoxy) is 1. The lowest BCUT2D eigenvalue weighted by Crippen LogP contribution is -2.50. The zero-order chi connectivity index (χ0) is 18.7. The minimum absolute atomic E-state index is 0.0869. The van der Waals surface area contributed by atoms with E-state index in [2.05, 4.69) is 48.9 Å². The number of aryl methyl sites for hydroxylation is 2. The molecule has 0 aliphatic carbocycles. The van der Waals surface area contributed by atoms with Crippen molar-refractivity contribution in [3.05, 3.63) is 29.3 Å². The molecule has 2 aliphatic rings. The number of hydrogen-bond donors (Lipinski definition) is 1. The van der Waals surface area contributed by atoms with Crippen molar-refractivity contribution in [2.45, 2.75) is 58.8 Å². The van der Waals surface area contributed by atoms with E-state index in [0.717, 1.165) is 31.9 Å². The van der Waals surface area contributed by atoms with E-state index in [1.54, 1.807) is 0 Å².